The summed E-state index contributed by atoms with van der Waals surface area (Å²) in [6, 6.07) is 17.6. The number of nitrogens with one attached hydrogen (secondary N) is 2. The van der Waals surface area contributed by atoms with E-state index in [2.05, 4.69) is 28.5 Å². The van der Waals surface area contributed by atoms with Crippen LogP contribution in [0.3, 0.4) is 0 Å². The average Bonchev–Trinajstić information content (AvgIpc) is 2.69. The van der Waals surface area contributed by atoms with Crippen molar-refractivity contribution in [2.24, 2.45) is 5.92 Å². The van der Waals surface area contributed by atoms with Crippen molar-refractivity contribution in [1.29, 1.82) is 0 Å². The molecule has 0 spiro atoms. The highest BCUT2D eigenvalue weighted by molar-refractivity contribution is 5.92. The molecule has 2 N–H and O–H groups in total. The Morgan fingerprint density at radius 1 is 1.11 bits per heavy atom. The number of nitrogens with zero attached hydrogens (tertiary/aromatic N) is 1. The van der Waals surface area contributed by atoms with E-state index in [0.29, 0.717) is 13.1 Å². The standard InChI is InChI=1S/C23H29N3O2/c1-17-9-6-7-13-21(17)18(2)24-22(27)16-26-14-8-10-19(15-26)23(28)25-20-11-4-3-5-12-20/h3-7,9,11-13,18-19H,8,10,14-16H2,1-2H3,(H,24,27)(H,25,28)/t18-,19+/m1/s1. The van der Waals surface area contributed by atoms with E-state index in [1.165, 1.54) is 5.56 Å². The summed E-state index contributed by atoms with van der Waals surface area (Å²) in [5.74, 6) is -0.0556. The van der Waals surface area contributed by atoms with Gasteiger partial charge in [0.25, 0.3) is 0 Å². The van der Waals surface area contributed by atoms with E-state index >= 15 is 0 Å². The third-order valence-electron chi connectivity index (χ3n) is 5.32. The Labute approximate surface area is 167 Å². The minimum atomic E-state index is -0.0875. The minimum Gasteiger partial charge on any atom is -0.348 e. The fourth-order valence-electron chi connectivity index (χ4n) is 3.82. The number of para-hydroxylation sites is 1. The average molecular weight is 380 g/mol. The minimum absolute atomic E-state index is 0.000120. The van der Waals surface area contributed by atoms with E-state index in [-0.39, 0.29) is 23.8 Å². The van der Waals surface area contributed by atoms with Crippen molar-refractivity contribution in [1.82, 2.24) is 10.2 Å². The number of hydrogen-bond acceptors (Lipinski definition) is 3. The van der Waals surface area contributed by atoms with Crippen LogP contribution in [0.2, 0.25) is 0 Å². The number of anilines is 1. The predicted molar refractivity (Wildman–Crippen MR) is 112 cm³/mol. The molecule has 5 heteroatoms. The Morgan fingerprint density at radius 2 is 1.82 bits per heavy atom. The van der Waals surface area contributed by atoms with Crippen LogP contribution in [-0.2, 0) is 9.59 Å². The fraction of sp³-hybridized carbons (Fsp3) is 0.391. The summed E-state index contributed by atoms with van der Waals surface area (Å²) < 4.78 is 0. The first kappa shape index (κ1) is 20.1. The highest BCUT2D eigenvalue weighted by atomic mass is 16.2. The summed E-state index contributed by atoms with van der Waals surface area (Å²) in [4.78, 5) is 27.2. The van der Waals surface area contributed by atoms with Gasteiger partial charge >= 0.3 is 0 Å². The first-order valence-corrected chi connectivity index (χ1v) is 9.96. The number of carbonyl (C=O) groups excluding carboxylic acids is 2. The van der Waals surface area contributed by atoms with Crippen LogP contribution in [0.25, 0.3) is 0 Å². The van der Waals surface area contributed by atoms with E-state index in [0.717, 1.165) is 30.6 Å². The summed E-state index contributed by atoms with van der Waals surface area (Å²) in [7, 11) is 0. The van der Waals surface area contributed by atoms with Gasteiger partial charge in [0.2, 0.25) is 11.8 Å². The van der Waals surface area contributed by atoms with Crippen LogP contribution >= 0.6 is 0 Å². The molecule has 1 heterocycles. The summed E-state index contributed by atoms with van der Waals surface area (Å²) in [6.45, 7) is 5.85. The van der Waals surface area contributed by atoms with Gasteiger partial charge in [-0.1, -0.05) is 42.5 Å². The molecule has 1 aliphatic rings. The van der Waals surface area contributed by atoms with Gasteiger partial charge in [-0.25, -0.2) is 0 Å². The lowest BCUT2D eigenvalue weighted by Gasteiger charge is -2.31. The molecular weight excluding hydrogens is 350 g/mol. The van der Waals surface area contributed by atoms with Gasteiger partial charge in [-0.15, -0.1) is 0 Å². The molecule has 0 radical (unpaired) electrons. The Balaban J connectivity index is 1.51. The van der Waals surface area contributed by atoms with E-state index in [1.807, 2.05) is 55.5 Å². The number of likely N-dealkylation sites (tertiary alicyclic amines) is 1. The maximum atomic E-state index is 12.6. The molecule has 0 aromatic heterocycles. The molecule has 148 valence electrons. The molecule has 2 amide bonds. The van der Waals surface area contributed by atoms with Gasteiger partial charge in [-0.3, -0.25) is 14.5 Å². The summed E-state index contributed by atoms with van der Waals surface area (Å²) in [6.07, 6.45) is 1.78. The Kier molecular flexibility index (Phi) is 6.82. The van der Waals surface area contributed by atoms with Crippen LogP contribution in [-0.4, -0.2) is 36.3 Å². The number of piperidine rings is 1. The molecule has 28 heavy (non-hydrogen) atoms. The van der Waals surface area contributed by atoms with Gasteiger partial charge < -0.3 is 10.6 Å². The fourth-order valence-corrected chi connectivity index (χ4v) is 3.82. The number of rotatable bonds is 6. The molecule has 1 saturated heterocycles. The Morgan fingerprint density at radius 3 is 2.57 bits per heavy atom. The zero-order chi connectivity index (χ0) is 19.9. The van der Waals surface area contributed by atoms with Crippen LogP contribution in [0.15, 0.2) is 54.6 Å². The summed E-state index contributed by atoms with van der Waals surface area (Å²) in [5, 5.41) is 6.07. The first-order chi connectivity index (χ1) is 13.5. The summed E-state index contributed by atoms with van der Waals surface area (Å²) in [5.41, 5.74) is 3.12. The molecule has 5 nitrogen and oxygen atoms in total. The third kappa shape index (κ3) is 5.42. The van der Waals surface area contributed by atoms with Crippen LogP contribution in [0.1, 0.15) is 36.9 Å². The van der Waals surface area contributed by atoms with Crippen molar-refractivity contribution in [3.8, 4) is 0 Å². The van der Waals surface area contributed by atoms with Gasteiger partial charge in [0, 0.05) is 12.2 Å². The van der Waals surface area contributed by atoms with Crippen molar-refractivity contribution in [2.75, 3.05) is 25.0 Å². The lowest BCUT2D eigenvalue weighted by Crippen LogP contribution is -2.45. The Hall–Kier alpha value is -2.66. The van der Waals surface area contributed by atoms with Crippen LogP contribution in [0.4, 0.5) is 5.69 Å². The van der Waals surface area contributed by atoms with Crippen molar-refractivity contribution in [2.45, 2.75) is 32.7 Å². The van der Waals surface area contributed by atoms with Gasteiger partial charge in [-0.2, -0.15) is 0 Å². The maximum absolute atomic E-state index is 12.6. The van der Waals surface area contributed by atoms with Crippen LogP contribution in [0.5, 0.6) is 0 Å². The SMILES string of the molecule is Cc1ccccc1[C@@H](C)NC(=O)CN1CCC[C@H](C(=O)Nc2ccccc2)C1. The van der Waals surface area contributed by atoms with Gasteiger partial charge in [0.15, 0.2) is 0 Å². The predicted octanol–water partition coefficient (Wildman–Crippen LogP) is 3.52. The van der Waals surface area contributed by atoms with Crippen LogP contribution < -0.4 is 10.6 Å². The number of hydrogen-bond donors (Lipinski definition) is 2. The van der Waals surface area contributed by atoms with E-state index < -0.39 is 0 Å². The number of benzene rings is 2. The third-order valence-corrected chi connectivity index (χ3v) is 5.32. The summed E-state index contributed by atoms with van der Waals surface area (Å²) >= 11 is 0. The number of amides is 2. The lowest BCUT2D eigenvalue weighted by atomic mass is 9.97. The molecule has 0 aliphatic carbocycles. The molecule has 3 rings (SSSR count). The number of carbonyl (C=O) groups is 2. The second-order valence-corrected chi connectivity index (χ2v) is 7.58. The van der Waals surface area contributed by atoms with Gasteiger partial charge in [0.05, 0.1) is 18.5 Å². The van der Waals surface area contributed by atoms with Crippen LogP contribution in [0, 0.1) is 12.8 Å². The second kappa shape index (κ2) is 9.51. The lowest BCUT2D eigenvalue weighted by molar-refractivity contribution is -0.126. The molecule has 1 aliphatic heterocycles. The number of aryl methyl sites for hydroxylation is 1. The molecule has 2 aromatic rings. The highest BCUT2D eigenvalue weighted by Crippen LogP contribution is 2.20. The highest BCUT2D eigenvalue weighted by Gasteiger charge is 2.27. The largest absolute Gasteiger partial charge is 0.348 e. The van der Waals surface area contributed by atoms with Gasteiger partial charge in [-0.05, 0) is 56.5 Å². The van der Waals surface area contributed by atoms with Gasteiger partial charge in [0.1, 0.15) is 0 Å². The zero-order valence-corrected chi connectivity index (χ0v) is 16.7. The maximum Gasteiger partial charge on any atom is 0.234 e. The van der Waals surface area contributed by atoms with Crippen molar-refractivity contribution in [3.05, 3.63) is 65.7 Å². The second-order valence-electron chi connectivity index (χ2n) is 7.58. The first-order valence-electron chi connectivity index (χ1n) is 9.96. The molecule has 2 atom stereocenters. The monoisotopic (exact) mass is 379 g/mol. The Bertz CT molecular complexity index is 807. The molecule has 2 aromatic carbocycles. The molecule has 1 fully saturated rings. The van der Waals surface area contributed by atoms with Crippen molar-refractivity contribution in [3.63, 3.8) is 0 Å². The normalized spacial score (nSPS) is 18.3. The zero-order valence-electron chi connectivity index (χ0n) is 16.7. The van der Waals surface area contributed by atoms with E-state index in [9.17, 15) is 9.59 Å². The van der Waals surface area contributed by atoms with Crippen molar-refractivity contribution >= 4 is 17.5 Å². The van der Waals surface area contributed by atoms with E-state index in [4.69, 9.17) is 0 Å². The van der Waals surface area contributed by atoms with Crippen molar-refractivity contribution < 1.29 is 9.59 Å². The molecular formula is C23H29N3O2. The smallest absolute Gasteiger partial charge is 0.234 e. The van der Waals surface area contributed by atoms with E-state index in [1.54, 1.807) is 0 Å². The molecule has 0 bridgehead atoms. The quantitative estimate of drug-likeness (QED) is 0.807. The molecule has 0 unspecified atom stereocenters. The topological polar surface area (TPSA) is 61.4 Å². The molecule has 0 saturated carbocycles.